The fraction of sp³-hybridized carbons (Fsp3) is 0.458. The lowest BCUT2D eigenvalue weighted by Crippen LogP contribution is -2.43. The summed E-state index contributed by atoms with van der Waals surface area (Å²) >= 11 is 0. The van der Waals surface area contributed by atoms with Crippen molar-refractivity contribution in [2.24, 2.45) is 5.92 Å². The molecule has 2 aromatic carbocycles. The number of nitrogens with zero attached hydrogens (tertiary/aromatic N) is 1. The highest BCUT2D eigenvalue weighted by Crippen LogP contribution is 2.32. The first-order valence-corrected chi connectivity index (χ1v) is 12.9. The number of piperidine rings is 1. The van der Waals surface area contributed by atoms with Gasteiger partial charge in [0.25, 0.3) is 0 Å². The van der Waals surface area contributed by atoms with Gasteiger partial charge in [-0.1, -0.05) is 17.7 Å². The van der Waals surface area contributed by atoms with Gasteiger partial charge in [-0.2, -0.15) is 0 Å². The van der Waals surface area contributed by atoms with Crippen molar-refractivity contribution in [1.82, 2.24) is 9.62 Å². The van der Waals surface area contributed by atoms with Crippen molar-refractivity contribution < 1.29 is 22.7 Å². The van der Waals surface area contributed by atoms with Gasteiger partial charge in [0.1, 0.15) is 0 Å². The summed E-state index contributed by atoms with van der Waals surface area (Å²) in [5.74, 6) is 1.39. The molecule has 0 radical (unpaired) electrons. The Morgan fingerprint density at radius 1 is 1.06 bits per heavy atom. The number of hydrogen-bond donors (Lipinski definition) is 2. The van der Waals surface area contributed by atoms with Crippen LogP contribution in [-0.4, -0.2) is 58.6 Å². The molecular formula is C24H31N3O5S. The molecule has 0 spiro atoms. The summed E-state index contributed by atoms with van der Waals surface area (Å²) in [4.78, 5) is 15.0. The maximum Gasteiger partial charge on any atom is 0.240 e. The van der Waals surface area contributed by atoms with E-state index in [0.29, 0.717) is 43.5 Å². The van der Waals surface area contributed by atoms with Crippen LogP contribution in [0.25, 0.3) is 0 Å². The van der Waals surface area contributed by atoms with Crippen LogP contribution in [0.2, 0.25) is 0 Å². The number of benzene rings is 2. The van der Waals surface area contributed by atoms with Crippen molar-refractivity contribution >= 4 is 21.6 Å². The van der Waals surface area contributed by atoms with E-state index in [-0.39, 0.29) is 23.3 Å². The van der Waals surface area contributed by atoms with E-state index in [4.69, 9.17) is 9.47 Å². The number of likely N-dealkylation sites (tertiary alicyclic amines) is 1. The first-order valence-electron chi connectivity index (χ1n) is 11.4. The number of carbonyl (C=O) groups excluding carboxylic acids is 1. The number of amides is 1. The Morgan fingerprint density at radius 3 is 2.61 bits per heavy atom. The van der Waals surface area contributed by atoms with E-state index >= 15 is 0 Å². The highest BCUT2D eigenvalue weighted by Gasteiger charge is 2.24. The lowest BCUT2D eigenvalue weighted by molar-refractivity contribution is -0.117. The lowest BCUT2D eigenvalue weighted by Gasteiger charge is -2.32. The first kappa shape index (κ1) is 23.5. The van der Waals surface area contributed by atoms with Crippen LogP contribution in [0, 0.1) is 12.8 Å². The molecule has 1 amide bonds. The molecule has 2 N–H and O–H groups in total. The van der Waals surface area contributed by atoms with E-state index in [1.165, 1.54) is 0 Å². The number of aryl methyl sites for hydroxylation is 1. The van der Waals surface area contributed by atoms with Crippen molar-refractivity contribution in [3.63, 3.8) is 0 Å². The molecule has 1 atom stereocenters. The fourth-order valence-electron chi connectivity index (χ4n) is 4.13. The number of sulfonamides is 1. The van der Waals surface area contributed by atoms with E-state index < -0.39 is 10.0 Å². The monoisotopic (exact) mass is 473 g/mol. The molecule has 0 aromatic heterocycles. The molecule has 0 aliphatic carbocycles. The number of rotatable bonds is 7. The average Bonchev–Trinajstić information content (AvgIpc) is 3.03. The highest BCUT2D eigenvalue weighted by molar-refractivity contribution is 7.89. The standard InChI is InChI=1S/C24H31N3O5S/c1-18-5-8-21(9-6-18)33(29,30)25-15-19-4-2-11-27(16-19)17-24(28)26-20-7-10-22-23(14-20)32-13-3-12-31-22/h5-10,14,19,25H,2-4,11-13,15-17H2,1H3,(H,26,28). The maximum atomic E-state index is 12.6. The van der Waals surface area contributed by atoms with Crippen molar-refractivity contribution in [3.05, 3.63) is 48.0 Å². The second-order valence-corrected chi connectivity index (χ2v) is 10.4. The molecule has 8 nitrogen and oxygen atoms in total. The number of hydrogen-bond acceptors (Lipinski definition) is 6. The Hall–Kier alpha value is -2.62. The van der Waals surface area contributed by atoms with Gasteiger partial charge in [0.15, 0.2) is 11.5 Å². The molecule has 2 aliphatic rings. The molecule has 178 valence electrons. The van der Waals surface area contributed by atoms with Crippen LogP contribution in [-0.2, 0) is 14.8 Å². The molecule has 1 fully saturated rings. The quantitative estimate of drug-likeness (QED) is 0.642. The second-order valence-electron chi connectivity index (χ2n) is 8.67. The highest BCUT2D eigenvalue weighted by atomic mass is 32.2. The number of fused-ring (bicyclic) bond motifs is 1. The average molecular weight is 474 g/mol. The van der Waals surface area contributed by atoms with Gasteiger partial charge in [-0.15, -0.1) is 0 Å². The summed E-state index contributed by atoms with van der Waals surface area (Å²) in [5, 5.41) is 2.93. The van der Waals surface area contributed by atoms with Crippen LogP contribution in [0.1, 0.15) is 24.8 Å². The van der Waals surface area contributed by atoms with Gasteiger partial charge < -0.3 is 14.8 Å². The summed E-state index contributed by atoms with van der Waals surface area (Å²) in [6.07, 6.45) is 2.68. The van der Waals surface area contributed by atoms with Crippen molar-refractivity contribution in [2.45, 2.75) is 31.1 Å². The number of anilines is 1. The third-order valence-corrected chi connectivity index (χ3v) is 7.33. The Kier molecular flexibility index (Phi) is 7.52. The molecule has 4 rings (SSSR count). The first-order chi connectivity index (χ1) is 15.9. The zero-order chi connectivity index (χ0) is 23.3. The number of ether oxygens (including phenoxy) is 2. The number of nitrogens with one attached hydrogen (secondary N) is 2. The predicted molar refractivity (Wildman–Crippen MR) is 126 cm³/mol. The van der Waals surface area contributed by atoms with Gasteiger partial charge in [0.05, 0.1) is 24.7 Å². The van der Waals surface area contributed by atoms with Crippen molar-refractivity contribution in [1.29, 1.82) is 0 Å². The van der Waals surface area contributed by atoms with Crippen molar-refractivity contribution in [2.75, 3.05) is 44.7 Å². The summed E-state index contributed by atoms with van der Waals surface area (Å²) in [6.45, 7) is 5.24. The largest absolute Gasteiger partial charge is 0.490 e. The Balaban J connectivity index is 1.27. The van der Waals surface area contributed by atoms with Gasteiger partial charge in [-0.3, -0.25) is 9.69 Å². The van der Waals surface area contributed by atoms with E-state index in [1.807, 2.05) is 19.1 Å². The van der Waals surface area contributed by atoms with Crippen LogP contribution >= 0.6 is 0 Å². The Labute approximate surface area is 195 Å². The SMILES string of the molecule is Cc1ccc(S(=O)(=O)NCC2CCCN(CC(=O)Nc3ccc4c(c3)OCCCO4)C2)cc1. The maximum absolute atomic E-state index is 12.6. The van der Waals surface area contributed by atoms with Gasteiger partial charge >= 0.3 is 0 Å². The van der Waals surface area contributed by atoms with Gasteiger partial charge in [0, 0.05) is 31.3 Å². The van der Waals surface area contributed by atoms with Crippen LogP contribution in [0.15, 0.2) is 47.4 Å². The molecule has 0 saturated carbocycles. The topological polar surface area (TPSA) is 97.0 Å². The van der Waals surface area contributed by atoms with E-state index in [9.17, 15) is 13.2 Å². The van der Waals surface area contributed by atoms with E-state index in [0.717, 1.165) is 31.4 Å². The molecule has 2 heterocycles. The van der Waals surface area contributed by atoms with E-state index in [2.05, 4.69) is 14.9 Å². The molecule has 1 saturated heterocycles. The van der Waals surface area contributed by atoms with Gasteiger partial charge in [-0.05, 0) is 56.5 Å². The lowest BCUT2D eigenvalue weighted by atomic mass is 9.98. The summed E-state index contributed by atoms with van der Waals surface area (Å²) in [6, 6.07) is 12.2. The molecule has 9 heteroatoms. The molecule has 1 unspecified atom stereocenters. The van der Waals surface area contributed by atoms with Gasteiger partial charge in [-0.25, -0.2) is 13.1 Å². The van der Waals surface area contributed by atoms with Crippen molar-refractivity contribution in [3.8, 4) is 11.5 Å². The molecule has 0 bridgehead atoms. The smallest absolute Gasteiger partial charge is 0.240 e. The zero-order valence-corrected chi connectivity index (χ0v) is 19.7. The molecule has 33 heavy (non-hydrogen) atoms. The predicted octanol–water partition coefficient (Wildman–Crippen LogP) is 2.79. The Bertz CT molecular complexity index is 1070. The fourth-order valence-corrected chi connectivity index (χ4v) is 5.25. The summed E-state index contributed by atoms with van der Waals surface area (Å²) in [5.41, 5.74) is 1.69. The molecular weight excluding hydrogens is 442 g/mol. The molecule has 2 aliphatic heterocycles. The van der Waals surface area contributed by atoms with Gasteiger partial charge in [0.2, 0.25) is 15.9 Å². The summed E-state index contributed by atoms with van der Waals surface area (Å²) in [7, 11) is -3.54. The third-order valence-electron chi connectivity index (χ3n) is 5.89. The summed E-state index contributed by atoms with van der Waals surface area (Å²) < 4.78 is 39.2. The number of carbonyl (C=O) groups is 1. The molecule has 2 aromatic rings. The van der Waals surface area contributed by atoms with Crippen LogP contribution < -0.4 is 19.5 Å². The van der Waals surface area contributed by atoms with Crippen LogP contribution in [0.4, 0.5) is 5.69 Å². The second kappa shape index (κ2) is 10.5. The minimum absolute atomic E-state index is 0.106. The minimum Gasteiger partial charge on any atom is -0.490 e. The van der Waals surface area contributed by atoms with Crippen LogP contribution in [0.5, 0.6) is 11.5 Å². The zero-order valence-electron chi connectivity index (χ0n) is 18.9. The normalized spacial score (nSPS) is 19.0. The van der Waals surface area contributed by atoms with Crippen LogP contribution in [0.3, 0.4) is 0 Å². The third kappa shape index (κ3) is 6.46. The van der Waals surface area contributed by atoms with E-state index in [1.54, 1.807) is 30.3 Å². The Morgan fingerprint density at radius 2 is 1.82 bits per heavy atom. The minimum atomic E-state index is -3.54.